The predicted molar refractivity (Wildman–Crippen MR) is 136 cm³/mol. The minimum Gasteiger partial charge on any atom is -0.378 e. The van der Waals surface area contributed by atoms with Gasteiger partial charge in [0, 0.05) is 64.3 Å². The molecular weight excluding hydrogens is 440 g/mol. The second kappa shape index (κ2) is 11.9. The van der Waals surface area contributed by atoms with E-state index in [1.165, 1.54) is 5.56 Å². The molecule has 1 fully saturated rings. The van der Waals surface area contributed by atoms with Gasteiger partial charge >= 0.3 is 0 Å². The maximum atomic E-state index is 13.6. The van der Waals surface area contributed by atoms with Gasteiger partial charge in [-0.25, -0.2) is 0 Å². The minimum atomic E-state index is -0.227. The van der Waals surface area contributed by atoms with Crippen molar-refractivity contribution in [1.82, 2.24) is 19.4 Å². The normalized spacial score (nSPS) is 14.3. The van der Waals surface area contributed by atoms with Crippen molar-refractivity contribution in [3.8, 4) is 0 Å². The van der Waals surface area contributed by atoms with Gasteiger partial charge < -0.3 is 14.2 Å². The maximum Gasteiger partial charge on any atom is 0.259 e. The fourth-order valence-electron chi connectivity index (χ4n) is 4.73. The summed E-state index contributed by atoms with van der Waals surface area (Å²) in [5.74, 6) is -0.198. The van der Waals surface area contributed by atoms with Crippen LogP contribution in [0.3, 0.4) is 0 Å². The lowest BCUT2D eigenvalue weighted by Gasteiger charge is -2.35. The molecule has 1 aliphatic heterocycles. The summed E-state index contributed by atoms with van der Waals surface area (Å²) in [6.45, 7) is 6.29. The van der Waals surface area contributed by atoms with Gasteiger partial charge in [-0.1, -0.05) is 36.4 Å². The van der Waals surface area contributed by atoms with Crippen molar-refractivity contribution in [2.45, 2.75) is 39.5 Å². The van der Waals surface area contributed by atoms with E-state index in [2.05, 4.69) is 26.6 Å². The van der Waals surface area contributed by atoms with Crippen LogP contribution in [0.1, 0.15) is 39.4 Å². The molecule has 7 nitrogen and oxygen atoms in total. The quantitative estimate of drug-likeness (QED) is 0.476. The molecule has 184 valence electrons. The van der Waals surface area contributed by atoms with Crippen molar-refractivity contribution in [2.24, 2.45) is 0 Å². The first-order valence-electron chi connectivity index (χ1n) is 12.2. The Kier molecular flexibility index (Phi) is 8.45. The van der Waals surface area contributed by atoms with Gasteiger partial charge in [-0.3, -0.25) is 19.5 Å². The molecule has 1 saturated heterocycles. The van der Waals surface area contributed by atoms with Gasteiger partial charge in [0.15, 0.2) is 5.43 Å². The molecule has 0 saturated carbocycles. The number of benzene rings is 1. The maximum absolute atomic E-state index is 13.6. The van der Waals surface area contributed by atoms with Crippen LogP contribution in [-0.2, 0) is 30.9 Å². The largest absolute Gasteiger partial charge is 0.378 e. The molecule has 2 aromatic heterocycles. The summed E-state index contributed by atoms with van der Waals surface area (Å²) in [6.07, 6.45) is 3.64. The summed E-state index contributed by atoms with van der Waals surface area (Å²) in [4.78, 5) is 35.1. The molecule has 3 heterocycles. The topological polar surface area (TPSA) is 67.7 Å². The molecule has 35 heavy (non-hydrogen) atoms. The van der Waals surface area contributed by atoms with E-state index in [0.29, 0.717) is 18.8 Å². The van der Waals surface area contributed by atoms with E-state index in [0.717, 1.165) is 50.4 Å². The monoisotopic (exact) mass is 474 g/mol. The fraction of sp³-hybridized carbons (Fsp3) is 0.393. The summed E-state index contributed by atoms with van der Waals surface area (Å²) in [6, 6.07) is 17.9. The van der Waals surface area contributed by atoms with E-state index >= 15 is 0 Å². The van der Waals surface area contributed by atoms with Crippen LogP contribution in [0.25, 0.3) is 0 Å². The Hall–Kier alpha value is -3.29. The molecule has 1 amide bonds. The lowest BCUT2D eigenvalue weighted by Crippen LogP contribution is -2.49. The standard InChI is InChI=1S/C28H34N4O3/c1-22-19-26(33)27(25(21-35-2)32(22)14-8-11-23-9-4-3-5-10-23)28(34)31-17-15-30(16-18-31)20-24-12-6-7-13-29-24/h3-7,9-10,12-13,19H,8,11,14-18,20-21H2,1-2H3. The Morgan fingerprint density at radius 1 is 1.03 bits per heavy atom. The average molecular weight is 475 g/mol. The zero-order chi connectivity index (χ0) is 24.6. The zero-order valence-electron chi connectivity index (χ0n) is 20.7. The van der Waals surface area contributed by atoms with E-state index in [9.17, 15) is 9.59 Å². The molecular formula is C28H34N4O3. The molecule has 7 heteroatoms. The molecule has 0 atom stereocenters. The second-order valence-corrected chi connectivity index (χ2v) is 9.03. The lowest BCUT2D eigenvalue weighted by atomic mass is 10.1. The molecule has 0 N–H and O–H groups in total. The Morgan fingerprint density at radius 2 is 1.77 bits per heavy atom. The number of aryl methyl sites for hydroxylation is 2. The number of carbonyl (C=O) groups is 1. The highest BCUT2D eigenvalue weighted by Gasteiger charge is 2.27. The number of nitrogens with zero attached hydrogens (tertiary/aromatic N) is 4. The first kappa shape index (κ1) is 24.8. The molecule has 1 aliphatic rings. The summed E-state index contributed by atoms with van der Waals surface area (Å²) >= 11 is 0. The number of hydrogen-bond acceptors (Lipinski definition) is 5. The highest BCUT2D eigenvalue weighted by Crippen LogP contribution is 2.16. The van der Waals surface area contributed by atoms with Crippen LogP contribution >= 0.6 is 0 Å². The number of piperazine rings is 1. The summed E-state index contributed by atoms with van der Waals surface area (Å²) in [7, 11) is 1.60. The third-order valence-corrected chi connectivity index (χ3v) is 6.58. The molecule has 0 radical (unpaired) electrons. The molecule has 4 rings (SSSR count). The number of carbonyl (C=O) groups excluding carboxylic acids is 1. The van der Waals surface area contributed by atoms with Crippen LogP contribution in [0.2, 0.25) is 0 Å². The van der Waals surface area contributed by atoms with Crippen molar-refractivity contribution >= 4 is 5.91 Å². The summed E-state index contributed by atoms with van der Waals surface area (Å²) < 4.78 is 7.54. The number of rotatable bonds is 9. The fourth-order valence-corrected chi connectivity index (χ4v) is 4.73. The lowest BCUT2D eigenvalue weighted by molar-refractivity contribution is 0.0619. The van der Waals surface area contributed by atoms with Crippen molar-refractivity contribution in [2.75, 3.05) is 33.3 Å². The van der Waals surface area contributed by atoms with E-state index in [-0.39, 0.29) is 23.5 Å². The van der Waals surface area contributed by atoms with Crippen molar-refractivity contribution in [1.29, 1.82) is 0 Å². The van der Waals surface area contributed by atoms with E-state index < -0.39 is 0 Å². The van der Waals surface area contributed by atoms with Gasteiger partial charge in [-0.2, -0.15) is 0 Å². The molecule has 1 aromatic carbocycles. The molecule has 0 bridgehead atoms. The van der Waals surface area contributed by atoms with Gasteiger partial charge in [0.25, 0.3) is 5.91 Å². The van der Waals surface area contributed by atoms with Crippen LogP contribution in [-0.4, -0.2) is 58.5 Å². The van der Waals surface area contributed by atoms with Crippen LogP contribution < -0.4 is 5.43 Å². The first-order chi connectivity index (χ1) is 17.1. The second-order valence-electron chi connectivity index (χ2n) is 9.03. The third kappa shape index (κ3) is 6.24. The first-order valence-corrected chi connectivity index (χ1v) is 12.2. The molecule has 0 aliphatic carbocycles. The number of aromatic nitrogens is 2. The van der Waals surface area contributed by atoms with Gasteiger partial charge in [-0.05, 0) is 37.5 Å². The average Bonchev–Trinajstić information content (AvgIpc) is 2.87. The van der Waals surface area contributed by atoms with E-state index in [1.54, 1.807) is 24.3 Å². The number of ether oxygens (including phenoxy) is 1. The smallest absolute Gasteiger partial charge is 0.259 e. The van der Waals surface area contributed by atoms with Gasteiger partial charge in [-0.15, -0.1) is 0 Å². The summed E-state index contributed by atoms with van der Waals surface area (Å²) in [5, 5.41) is 0. The molecule has 0 spiro atoms. The van der Waals surface area contributed by atoms with Crippen molar-refractivity contribution < 1.29 is 9.53 Å². The van der Waals surface area contributed by atoms with Gasteiger partial charge in [0.05, 0.1) is 18.0 Å². The Morgan fingerprint density at radius 3 is 2.46 bits per heavy atom. The van der Waals surface area contributed by atoms with Gasteiger partial charge in [0.2, 0.25) is 0 Å². The number of amides is 1. The van der Waals surface area contributed by atoms with Crippen molar-refractivity contribution in [3.63, 3.8) is 0 Å². The number of pyridine rings is 2. The van der Waals surface area contributed by atoms with E-state index in [1.807, 2.05) is 43.3 Å². The minimum absolute atomic E-state index is 0.198. The van der Waals surface area contributed by atoms with Crippen LogP contribution in [0, 0.1) is 6.92 Å². The van der Waals surface area contributed by atoms with Crippen LogP contribution in [0.15, 0.2) is 65.6 Å². The predicted octanol–water partition coefficient (Wildman–Crippen LogP) is 3.29. The Bertz CT molecular complexity index is 1170. The Labute approximate surface area is 207 Å². The number of methoxy groups -OCH3 is 1. The van der Waals surface area contributed by atoms with Gasteiger partial charge in [0.1, 0.15) is 5.56 Å². The molecule has 3 aromatic rings. The Balaban J connectivity index is 1.48. The van der Waals surface area contributed by atoms with E-state index in [4.69, 9.17) is 4.74 Å². The number of hydrogen-bond donors (Lipinski definition) is 0. The van der Waals surface area contributed by atoms with Crippen LogP contribution in [0.4, 0.5) is 0 Å². The SMILES string of the molecule is COCc1c(C(=O)N2CCN(Cc3ccccn3)CC2)c(=O)cc(C)n1CCCc1ccccc1. The zero-order valence-corrected chi connectivity index (χ0v) is 20.7. The summed E-state index contributed by atoms with van der Waals surface area (Å²) in [5.41, 5.74) is 3.84. The highest BCUT2D eigenvalue weighted by molar-refractivity contribution is 5.95. The highest BCUT2D eigenvalue weighted by atomic mass is 16.5. The van der Waals surface area contributed by atoms with Crippen LogP contribution in [0.5, 0.6) is 0 Å². The van der Waals surface area contributed by atoms with Crippen molar-refractivity contribution in [3.05, 3.63) is 99.2 Å². The third-order valence-electron chi connectivity index (χ3n) is 6.58. The molecule has 0 unspecified atom stereocenters.